The van der Waals surface area contributed by atoms with Crippen molar-refractivity contribution in [2.24, 2.45) is 0 Å². The lowest BCUT2D eigenvalue weighted by Gasteiger charge is -2.32. The molecule has 0 radical (unpaired) electrons. The molecule has 0 aliphatic heterocycles. The monoisotopic (exact) mass is 702 g/mol. The third-order valence-electron chi connectivity index (χ3n) is 6.69. The molecule has 0 heterocycles. The first-order valence-corrected chi connectivity index (χ1v) is 17.1. The van der Waals surface area contributed by atoms with Crippen molar-refractivity contribution >= 4 is 60.5 Å². The van der Waals surface area contributed by atoms with Gasteiger partial charge in [0.05, 0.1) is 28.3 Å². The van der Waals surface area contributed by atoms with E-state index in [-0.39, 0.29) is 40.1 Å². The van der Waals surface area contributed by atoms with Crippen molar-refractivity contribution in [2.45, 2.75) is 29.2 Å². The van der Waals surface area contributed by atoms with Crippen LogP contribution in [-0.4, -0.2) is 41.3 Å². The first-order valence-electron chi connectivity index (χ1n) is 13.1. The Morgan fingerprint density at radius 2 is 1.48 bits per heavy atom. The van der Waals surface area contributed by atoms with Crippen LogP contribution in [0, 0.1) is 11.6 Å². The maximum atomic E-state index is 15.1. The Hall–Kier alpha value is -2.93. The third-order valence-corrected chi connectivity index (χ3v) is 11.4. The Labute approximate surface area is 270 Å². The smallest absolute Gasteiger partial charge is 0.264 e. The number of ether oxygens (including phenoxy) is 1. The lowest BCUT2D eigenvalue weighted by atomic mass is 10.1. The summed E-state index contributed by atoms with van der Waals surface area (Å²) >= 11 is 17.9. The van der Waals surface area contributed by atoms with Crippen LogP contribution in [0.2, 0.25) is 15.1 Å². The molecule has 0 amide bonds. The summed E-state index contributed by atoms with van der Waals surface area (Å²) in [6.45, 7) is 1.65. The zero-order valence-electron chi connectivity index (χ0n) is 23.4. The van der Waals surface area contributed by atoms with E-state index in [1.165, 1.54) is 56.4 Å². The zero-order valence-corrected chi connectivity index (χ0v) is 27.3. The van der Waals surface area contributed by atoms with Crippen molar-refractivity contribution in [3.63, 3.8) is 0 Å². The molecule has 0 aliphatic rings. The number of halogens is 5. The van der Waals surface area contributed by atoms with Crippen molar-refractivity contribution in [1.29, 1.82) is 0 Å². The van der Waals surface area contributed by atoms with Gasteiger partial charge in [0.25, 0.3) is 10.0 Å². The van der Waals surface area contributed by atoms with Gasteiger partial charge in [-0.1, -0.05) is 53.0 Å². The first-order chi connectivity index (χ1) is 20.7. The van der Waals surface area contributed by atoms with Gasteiger partial charge in [-0.2, -0.15) is 0 Å². The van der Waals surface area contributed by atoms with E-state index in [4.69, 9.17) is 39.5 Å². The summed E-state index contributed by atoms with van der Waals surface area (Å²) in [5, 5.41) is 0.600. The van der Waals surface area contributed by atoms with E-state index in [1.54, 1.807) is 24.3 Å². The molecular weight excluding hydrogens is 677 g/mol. The van der Waals surface area contributed by atoms with E-state index in [0.29, 0.717) is 15.6 Å². The van der Waals surface area contributed by atoms with E-state index < -0.39 is 43.4 Å². The molecule has 0 fully saturated rings. The fourth-order valence-corrected chi connectivity index (χ4v) is 8.16. The molecule has 44 heavy (non-hydrogen) atoms. The van der Waals surface area contributed by atoms with Crippen molar-refractivity contribution in [2.75, 3.05) is 24.5 Å². The molecule has 4 rings (SSSR count). The maximum Gasteiger partial charge on any atom is 0.264 e. The Morgan fingerprint density at radius 1 is 0.818 bits per heavy atom. The molecule has 7 nitrogen and oxygen atoms in total. The van der Waals surface area contributed by atoms with Crippen LogP contribution in [0.15, 0.2) is 94.7 Å². The van der Waals surface area contributed by atoms with Gasteiger partial charge in [-0.3, -0.25) is 4.31 Å². The number of hydrogen-bond acceptors (Lipinski definition) is 5. The zero-order chi connectivity index (χ0) is 32.2. The van der Waals surface area contributed by atoms with Gasteiger partial charge in [0.2, 0.25) is 10.0 Å². The molecule has 234 valence electrons. The highest BCUT2D eigenvalue weighted by Gasteiger charge is 2.34. The van der Waals surface area contributed by atoms with Gasteiger partial charge in [-0.05, 0) is 74.0 Å². The van der Waals surface area contributed by atoms with E-state index in [0.717, 1.165) is 26.8 Å². The standard InChI is InChI=1S/C30H27Cl3F2N2O5S2/c1-20(37(28-19-23(34)11-14-27(28)35)43(38,39)24-12-8-21(31)9-13-24)25-6-3-4-7-29(25)42-17-5-16-36(2)44(40,41)30-15-10-22(32)18-26(30)33/h3-4,6-15,18-20H,5,16-17H2,1-2H3. The van der Waals surface area contributed by atoms with Gasteiger partial charge >= 0.3 is 0 Å². The van der Waals surface area contributed by atoms with Crippen molar-refractivity contribution in [3.8, 4) is 5.75 Å². The number of sulfonamides is 2. The third kappa shape index (κ3) is 7.47. The van der Waals surface area contributed by atoms with Gasteiger partial charge in [0.15, 0.2) is 0 Å². The molecule has 0 bridgehead atoms. The minimum absolute atomic E-state index is 0.00337. The Kier molecular flexibility index (Phi) is 10.8. The van der Waals surface area contributed by atoms with Crippen molar-refractivity contribution in [1.82, 2.24) is 4.31 Å². The lowest BCUT2D eigenvalue weighted by molar-refractivity contribution is 0.292. The summed E-state index contributed by atoms with van der Waals surface area (Å²) in [6.07, 6.45) is 0.259. The molecule has 0 spiro atoms. The summed E-state index contributed by atoms with van der Waals surface area (Å²) < 4.78 is 91.1. The maximum absolute atomic E-state index is 15.1. The largest absolute Gasteiger partial charge is 0.493 e. The highest BCUT2D eigenvalue weighted by Crippen LogP contribution is 2.38. The number of para-hydroxylation sites is 1. The predicted octanol–water partition coefficient (Wildman–Crippen LogP) is 7.97. The highest BCUT2D eigenvalue weighted by atomic mass is 35.5. The Morgan fingerprint density at radius 3 is 2.16 bits per heavy atom. The summed E-state index contributed by atoms with van der Waals surface area (Å²) in [5.41, 5.74) is -0.127. The predicted molar refractivity (Wildman–Crippen MR) is 169 cm³/mol. The fraction of sp³-hybridized carbons (Fsp3) is 0.200. The van der Waals surface area contributed by atoms with Crippen molar-refractivity contribution < 1.29 is 30.4 Å². The summed E-state index contributed by atoms with van der Waals surface area (Å²) in [6, 6.07) is 17.5. The summed E-state index contributed by atoms with van der Waals surface area (Å²) in [5.74, 6) is -1.49. The number of anilines is 1. The average Bonchev–Trinajstić information content (AvgIpc) is 2.97. The van der Waals surface area contributed by atoms with Crippen LogP contribution in [0.4, 0.5) is 14.5 Å². The molecule has 4 aromatic rings. The SMILES string of the molecule is CC(c1ccccc1OCCCN(C)S(=O)(=O)c1ccc(Cl)cc1Cl)N(c1cc(F)ccc1F)S(=O)(=O)c1ccc(Cl)cc1. The molecule has 0 aromatic heterocycles. The highest BCUT2D eigenvalue weighted by molar-refractivity contribution is 7.92. The van der Waals surface area contributed by atoms with E-state index in [2.05, 4.69) is 0 Å². The molecule has 1 unspecified atom stereocenters. The number of rotatable bonds is 12. The van der Waals surface area contributed by atoms with Crippen LogP contribution >= 0.6 is 34.8 Å². The number of nitrogens with zero attached hydrogens (tertiary/aromatic N) is 2. The van der Waals surface area contributed by atoms with Gasteiger partial charge in [0.1, 0.15) is 22.3 Å². The van der Waals surface area contributed by atoms with E-state index in [1.807, 2.05) is 0 Å². The molecule has 0 saturated carbocycles. The summed E-state index contributed by atoms with van der Waals surface area (Å²) in [4.78, 5) is -0.265. The second kappa shape index (κ2) is 14.0. The van der Waals surface area contributed by atoms with Crippen LogP contribution in [0.1, 0.15) is 24.9 Å². The van der Waals surface area contributed by atoms with E-state index >= 15 is 4.39 Å². The molecule has 4 aromatic carbocycles. The summed E-state index contributed by atoms with van der Waals surface area (Å²) in [7, 11) is -6.94. The minimum Gasteiger partial charge on any atom is -0.493 e. The Bertz CT molecular complexity index is 1860. The molecular formula is C30H27Cl3F2N2O5S2. The van der Waals surface area contributed by atoms with Crippen LogP contribution < -0.4 is 9.04 Å². The number of hydrogen-bond donors (Lipinski definition) is 0. The topological polar surface area (TPSA) is 84.0 Å². The minimum atomic E-state index is -4.44. The van der Waals surface area contributed by atoms with Crippen molar-refractivity contribution in [3.05, 3.63) is 117 Å². The lowest BCUT2D eigenvalue weighted by Crippen LogP contribution is -2.34. The van der Waals surface area contributed by atoms with Gasteiger partial charge in [-0.15, -0.1) is 0 Å². The Balaban J connectivity index is 1.58. The molecule has 0 saturated heterocycles. The van der Waals surface area contributed by atoms with Crippen LogP contribution in [0.3, 0.4) is 0 Å². The first kappa shape index (κ1) is 34.0. The average molecular weight is 704 g/mol. The normalized spacial score (nSPS) is 12.7. The van der Waals surface area contributed by atoms with Crippen LogP contribution in [0.5, 0.6) is 5.75 Å². The fourth-order valence-electron chi connectivity index (χ4n) is 4.45. The van der Waals surface area contributed by atoms with Gasteiger partial charge < -0.3 is 4.74 Å². The molecule has 1 atom stereocenters. The van der Waals surface area contributed by atoms with Gasteiger partial charge in [0, 0.05) is 35.3 Å². The van der Waals surface area contributed by atoms with E-state index in [9.17, 15) is 21.2 Å². The van der Waals surface area contributed by atoms with Gasteiger partial charge in [-0.25, -0.2) is 29.9 Å². The van der Waals surface area contributed by atoms with Crippen LogP contribution in [-0.2, 0) is 20.0 Å². The number of benzene rings is 4. The second-order valence-electron chi connectivity index (χ2n) is 9.67. The second-order valence-corrected chi connectivity index (χ2v) is 14.8. The molecule has 14 heteroatoms. The molecule has 0 aliphatic carbocycles. The van der Waals surface area contributed by atoms with Crippen LogP contribution in [0.25, 0.3) is 0 Å². The quantitative estimate of drug-likeness (QED) is 0.140. The molecule has 0 N–H and O–H groups in total.